The molecule has 5 aromatic rings. The second-order valence-electron chi connectivity index (χ2n) is 8.52. The van der Waals surface area contributed by atoms with Gasteiger partial charge >= 0.3 is 0 Å². The van der Waals surface area contributed by atoms with Crippen LogP contribution in [0.1, 0.15) is 28.7 Å². The van der Waals surface area contributed by atoms with E-state index < -0.39 is 6.10 Å². The summed E-state index contributed by atoms with van der Waals surface area (Å²) in [6, 6.07) is 18.1. The van der Waals surface area contributed by atoms with Crippen LogP contribution in [-0.4, -0.2) is 43.9 Å². The van der Waals surface area contributed by atoms with Gasteiger partial charge < -0.3 is 10.1 Å². The van der Waals surface area contributed by atoms with Crippen molar-refractivity contribution in [2.75, 3.05) is 0 Å². The fourth-order valence-electron chi connectivity index (χ4n) is 4.66. The molecule has 0 bridgehead atoms. The number of nitrogens with zero attached hydrogens (tertiary/aromatic N) is 6. The van der Waals surface area contributed by atoms with E-state index in [0.717, 1.165) is 39.8 Å². The molecule has 1 aliphatic carbocycles. The molecule has 0 saturated carbocycles. The number of aromatic amines is 1. The molecule has 1 unspecified atom stereocenters. The lowest BCUT2D eigenvalue weighted by atomic mass is 10.1. The number of hydrogen-bond acceptors (Lipinski definition) is 6. The van der Waals surface area contributed by atoms with Gasteiger partial charge in [0.15, 0.2) is 5.65 Å². The number of H-pyrrole nitrogens is 1. The van der Waals surface area contributed by atoms with Crippen LogP contribution in [0.15, 0.2) is 67.1 Å². The van der Waals surface area contributed by atoms with Crippen LogP contribution < -0.4 is 0 Å². The number of imidazole rings is 1. The molecule has 4 aromatic heterocycles. The molecule has 34 heavy (non-hydrogen) atoms. The predicted molar refractivity (Wildman–Crippen MR) is 137 cm³/mol. The maximum Gasteiger partial charge on any atom is 0.155 e. The summed E-state index contributed by atoms with van der Waals surface area (Å²) in [5.74, 6) is 0.804. The van der Waals surface area contributed by atoms with Crippen molar-refractivity contribution in [3.8, 4) is 22.6 Å². The highest BCUT2D eigenvalue weighted by Gasteiger charge is 2.35. The van der Waals surface area contributed by atoms with Crippen LogP contribution in [0.4, 0.5) is 0 Å². The molecule has 6 rings (SSSR count). The molecular weight excluding hydrogens is 541 g/mol. The van der Waals surface area contributed by atoms with E-state index >= 15 is 0 Å². The third-order valence-electron chi connectivity index (χ3n) is 6.21. The Bertz CT molecular complexity index is 1490. The van der Waals surface area contributed by atoms with Gasteiger partial charge in [-0.3, -0.25) is 4.98 Å². The predicted octanol–water partition coefficient (Wildman–Crippen LogP) is 4.30. The number of aliphatic hydroxyl groups excluding tert-OH is 1. The fraction of sp³-hybridized carbons (Fsp3) is 0.200. The summed E-state index contributed by atoms with van der Waals surface area (Å²) >= 11 is 2.30. The summed E-state index contributed by atoms with van der Waals surface area (Å²) in [7, 11) is 0. The van der Waals surface area contributed by atoms with Gasteiger partial charge in [-0.15, -0.1) is 0 Å². The largest absolute Gasteiger partial charge is 0.391 e. The molecule has 170 valence electrons. The van der Waals surface area contributed by atoms with Gasteiger partial charge in [0, 0.05) is 46.7 Å². The van der Waals surface area contributed by atoms with E-state index in [-0.39, 0.29) is 6.04 Å². The highest BCUT2D eigenvalue weighted by atomic mass is 127. The highest BCUT2D eigenvalue weighted by molar-refractivity contribution is 14.1. The fourth-order valence-corrected chi connectivity index (χ4v) is 5.66. The first kappa shape index (κ1) is 21.4. The number of aromatic nitrogens is 6. The lowest BCUT2D eigenvalue weighted by Crippen LogP contribution is -2.26. The summed E-state index contributed by atoms with van der Waals surface area (Å²) in [5, 5.41) is 15.1. The molecule has 9 heteroatoms. The molecule has 1 aromatic carbocycles. The quantitative estimate of drug-likeness (QED) is 0.245. The number of benzene rings is 1. The molecule has 8 nitrogen and oxygen atoms in total. The number of fused-ring (bicyclic) bond motifs is 2. The summed E-state index contributed by atoms with van der Waals surface area (Å²) in [6.07, 6.45) is 3.69. The lowest BCUT2D eigenvalue weighted by molar-refractivity contribution is 0.113. The molecule has 0 aliphatic heterocycles. The maximum absolute atomic E-state index is 10.8. The molecule has 0 fully saturated rings. The summed E-state index contributed by atoms with van der Waals surface area (Å²) in [6.45, 7) is 2.52. The van der Waals surface area contributed by atoms with Crippen molar-refractivity contribution in [3.63, 3.8) is 0 Å². The highest BCUT2D eigenvalue weighted by Crippen LogP contribution is 2.39. The van der Waals surface area contributed by atoms with Gasteiger partial charge in [-0.1, -0.05) is 30.3 Å². The first-order chi connectivity index (χ1) is 16.6. The van der Waals surface area contributed by atoms with Gasteiger partial charge in [0.05, 0.1) is 35.8 Å². The van der Waals surface area contributed by atoms with Gasteiger partial charge in [-0.25, -0.2) is 17.6 Å². The average molecular weight is 563 g/mol. The number of aryl methyl sites for hydroxylation is 1. The van der Waals surface area contributed by atoms with E-state index in [1.54, 1.807) is 4.52 Å². The minimum absolute atomic E-state index is 0.0857. The molecule has 2 N–H and O–H groups in total. The molecule has 0 spiro atoms. The Morgan fingerprint density at radius 2 is 2.00 bits per heavy atom. The standard InChI is InChI=1S/C25H22IN7O/c1-15-5-4-8-19(29-15)24-23(17-9-10-22-27-14-28-33(22)12-17)30-21(31-24)13-32(26)25-18-7-3-2-6-16(18)11-20(25)34/h2-10,12,14,20,25,34H,11,13H2,1H3,(H,30,31)/t20-,25?/m0/s1. The average Bonchev–Trinajstić information content (AvgIpc) is 3.54. The van der Waals surface area contributed by atoms with Crippen molar-refractivity contribution in [2.24, 2.45) is 0 Å². The molecule has 0 radical (unpaired) electrons. The normalized spacial score (nSPS) is 17.5. The summed E-state index contributed by atoms with van der Waals surface area (Å²) < 4.78 is 3.87. The number of nitrogens with one attached hydrogen (secondary N) is 1. The molecule has 1 aliphatic rings. The van der Waals surface area contributed by atoms with Gasteiger partial charge in [-0.05, 0) is 42.3 Å². The number of aliphatic hydroxyl groups is 1. The topological polar surface area (TPSA) is 95.2 Å². The number of pyridine rings is 2. The maximum atomic E-state index is 10.8. The van der Waals surface area contributed by atoms with Crippen LogP contribution in [-0.2, 0) is 13.0 Å². The number of rotatable bonds is 5. The first-order valence-electron chi connectivity index (χ1n) is 11.1. The zero-order valence-electron chi connectivity index (χ0n) is 18.4. The van der Waals surface area contributed by atoms with Crippen LogP contribution in [0.25, 0.3) is 28.3 Å². The Labute approximate surface area is 210 Å². The number of hydrogen-bond donors (Lipinski definition) is 2. The molecule has 2 atom stereocenters. The second-order valence-corrected chi connectivity index (χ2v) is 9.76. The van der Waals surface area contributed by atoms with E-state index in [0.29, 0.717) is 13.0 Å². The van der Waals surface area contributed by atoms with Gasteiger partial charge in [0.1, 0.15) is 12.2 Å². The zero-order valence-corrected chi connectivity index (χ0v) is 20.6. The van der Waals surface area contributed by atoms with Crippen molar-refractivity contribution in [3.05, 3.63) is 89.8 Å². The minimum Gasteiger partial charge on any atom is -0.391 e. The first-order valence-corrected chi connectivity index (χ1v) is 12.0. The van der Waals surface area contributed by atoms with Crippen LogP contribution in [0.2, 0.25) is 0 Å². The van der Waals surface area contributed by atoms with Gasteiger partial charge in [-0.2, -0.15) is 5.10 Å². The van der Waals surface area contributed by atoms with Crippen molar-refractivity contribution in [1.29, 1.82) is 0 Å². The third-order valence-corrected chi connectivity index (χ3v) is 7.16. The van der Waals surface area contributed by atoms with E-state index in [2.05, 4.69) is 53.2 Å². The lowest BCUT2D eigenvalue weighted by Gasteiger charge is -2.25. The minimum atomic E-state index is -0.448. The monoisotopic (exact) mass is 563 g/mol. The number of halogens is 1. The second kappa shape index (κ2) is 8.57. The summed E-state index contributed by atoms with van der Waals surface area (Å²) in [4.78, 5) is 17.5. The molecule has 0 amide bonds. The Kier molecular flexibility index (Phi) is 5.39. The Morgan fingerprint density at radius 1 is 1.12 bits per heavy atom. The van der Waals surface area contributed by atoms with Crippen molar-refractivity contribution >= 4 is 28.5 Å². The van der Waals surface area contributed by atoms with Gasteiger partial charge in [0.2, 0.25) is 0 Å². The molecule has 0 saturated heterocycles. The Hall–Kier alpha value is -3.15. The van der Waals surface area contributed by atoms with Crippen molar-refractivity contribution in [2.45, 2.75) is 32.0 Å². The molecule has 4 heterocycles. The van der Waals surface area contributed by atoms with E-state index in [4.69, 9.17) is 9.97 Å². The third kappa shape index (κ3) is 3.79. The summed E-state index contributed by atoms with van der Waals surface area (Å²) in [5.41, 5.74) is 7.51. The van der Waals surface area contributed by atoms with Crippen LogP contribution in [0.5, 0.6) is 0 Å². The van der Waals surface area contributed by atoms with E-state index in [1.165, 1.54) is 17.5 Å². The van der Waals surface area contributed by atoms with Crippen LogP contribution >= 0.6 is 22.9 Å². The van der Waals surface area contributed by atoms with Crippen LogP contribution in [0.3, 0.4) is 0 Å². The van der Waals surface area contributed by atoms with Crippen molar-refractivity contribution in [1.82, 2.24) is 32.7 Å². The molecular formula is C25H22IN7O. The Balaban J connectivity index is 1.39. The van der Waals surface area contributed by atoms with E-state index in [1.807, 2.05) is 55.6 Å². The van der Waals surface area contributed by atoms with Crippen molar-refractivity contribution < 1.29 is 5.11 Å². The SMILES string of the molecule is Cc1cccc(-c2[nH]c(CN(I)C3c4ccccc4C[C@@H]3O)nc2-c2ccc3ncnn3c2)n1. The van der Waals surface area contributed by atoms with Gasteiger partial charge in [0.25, 0.3) is 0 Å². The van der Waals surface area contributed by atoms with E-state index in [9.17, 15) is 5.11 Å². The smallest absolute Gasteiger partial charge is 0.155 e. The van der Waals surface area contributed by atoms with Crippen LogP contribution in [0, 0.1) is 6.92 Å². The zero-order chi connectivity index (χ0) is 23.2. The Morgan fingerprint density at radius 3 is 2.88 bits per heavy atom.